The Labute approximate surface area is 161 Å². The summed E-state index contributed by atoms with van der Waals surface area (Å²) in [6.45, 7) is 0. The third-order valence-corrected chi connectivity index (χ3v) is 4.73. The van der Waals surface area contributed by atoms with Gasteiger partial charge in [-0.15, -0.1) is 0 Å². The predicted octanol–water partition coefficient (Wildman–Crippen LogP) is 5.05. The Balaban J connectivity index is 1.59. The third kappa shape index (κ3) is 3.71. The summed E-state index contributed by atoms with van der Waals surface area (Å²) in [6, 6.07) is 21.6. The Kier molecular flexibility index (Phi) is 4.65. The van der Waals surface area contributed by atoms with Gasteiger partial charge in [0.05, 0.1) is 5.56 Å². The fourth-order valence-corrected chi connectivity index (χ4v) is 3.35. The summed E-state index contributed by atoms with van der Waals surface area (Å²) < 4.78 is 5.55. The molecule has 0 radical (unpaired) electrons. The number of benzene rings is 3. The van der Waals surface area contributed by atoms with Crippen LogP contribution in [0.4, 0.5) is 5.69 Å². The van der Waals surface area contributed by atoms with E-state index in [4.69, 9.17) is 16.3 Å². The van der Waals surface area contributed by atoms with E-state index in [0.717, 1.165) is 11.1 Å². The fourth-order valence-electron chi connectivity index (χ4n) is 3.16. The summed E-state index contributed by atoms with van der Waals surface area (Å²) in [5.41, 5.74) is 3.34. The standard InChI is InChI=1S/C22H16ClNO3/c23-17-7-4-8-18(13-17)24-21(25)15-9-10-19-16(11-15)12-20(27-22(19)26)14-5-2-1-3-6-14/h1-11,13,20H,12H2,(H,24,25)/t20-/m0/s1. The Morgan fingerprint density at radius 2 is 1.81 bits per heavy atom. The van der Waals surface area contributed by atoms with E-state index in [9.17, 15) is 9.59 Å². The SMILES string of the molecule is O=C(Nc1cccc(Cl)c1)c1ccc2c(c1)C[C@@H](c1ccccc1)OC2=O. The van der Waals surface area contributed by atoms with E-state index in [1.54, 1.807) is 42.5 Å². The van der Waals surface area contributed by atoms with Gasteiger partial charge in [0.25, 0.3) is 5.91 Å². The molecule has 0 saturated carbocycles. The summed E-state index contributed by atoms with van der Waals surface area (Å²) >= 11 is 5.96. The Bertz CT molecular complexity index is 1020. The molecular formula is C22H16ClNO3. The summed E-state index contributed by atoms with van der Waals surface area (Å²) in [4.78, 5) is 24.9. The van der Waals surface area contributed by atoms with Crippen LogP contribution >= 0.6 is 11.6 Å². The number of hydrogen-bond acceptors (Lipinski definition) is 3. The number of ether oxygens (including phenoxy) is 1. The number of halogens is 1. The normalized spacial score (nSPS) is 15.6. The third-order valence-electron chi connectivity index (χ3n) is 4.50. The van der Waals surface area contributed by atoms with Crippen LogP contribution in [0.25, 0.3) is 0 Å². The Morgan fingerprint density at radius 3 is 2.59 bits per heavy atom. The minimum absolute atomic E-state index is 0.254. The lowest BCUT2D eigenvalue weighted by Crippen LogP contribution is -2.23. The topological polar surface area (TPSA) is 55.4 Å². The van der Waals surface area contributed by atoms with Crippen molar-refractivity contribution in [1.29, 1.82) is 0 Å². The summed E-state index contributed by atoms with van der Waals surface area (Å²) in [5, 5.41) is 3.37. The van der Waals surface area contributed by atoms with Crippen molar-refractivity contribution in [3.05, 3.63) is 100 Å². The van der Waals surface area contributed by atoms with Crippen LogP contribution in [0.5, 0.6) is 0 Å². The second-order valence-electron chi connectivity index (χ2n) is 6.35. The molecule has 5 heteroatoms. The van der Waals surface area contributed by atoms with Gasteiger partial charge in [0.15, 0.2) is 0 Å². The van der Waals surface area contributed by atoms with Gasteiger partial charge in [0.2, 0.25) is 0 Å². The molecular weight excluding hydrogens is 362 g/mol. The molecule has 3 aromatic rings. The zero-order chi connectivity index (χ0) is 18.8. The molecule has 134 valence electrons. The second-order valence-corrected chi connectivity index (χ2v) is 6.78. The van der Waals surface area contributed by atoms with Crippen LogP contribution < -0.4 is 5.32 Å². The number of anilines is 1. The minimum atomic E-state index is -0.369. The number of carbonyl (C=O) groups is 2. The Morgan fingerprint density at radius 1 is 1.00 bits per heavy atom. The highest BCUT2D eigenvalue weighted by molar-refractivity contribution is 6.31. The highest BCUT2D eigenvalue weighted by atomic mass is 35.5. The minimum Gasteiger partial charge on any atom is -0.454 e. The number of amides is 1. The summed E-state index contributed by atoms with van der Waals surface area (Å²) in [5.74, 6) is -0.623. The second kappa shape index (κ2) is 7.25. The molecule has 0 bridgehead atoms. The molecule has 3 aromatic carbocycles. The van der Waals surface area contributed by atoms with Crippen LogP contribution in [-0.2, 0) is 11.2 Å². The molecule has 1 atom stereocenters. The number of fused-ring (bicyclic) bond motifs is 1. The molecule has 4 rings (SSSR count). The maximum absolute atomic E-state index is 12.6. The van der Waals surface area contributed by atoms with E-state index in [2.05, 4.69) is 5.32 Å². The van der Waals surface area contributed by atoms with Gasteiger partial charge in [-0.25, -0.2) is 4.79 Å². The first kappa shape index (κ1) is 17.3. The van der Waals surface area contributed by atoms with Crippen LogP contribution in [0.3, 0.4) is 0 Å². The van der Waals surface area contributed by atoms with Crippen molar-refractivity contribution in [2.45, 2.75) is 12.5 Å². The fraction of sp³-hybridized carbons (Fsp3) is 0.0909. The lowest BCUT2D eigenvalue weighted by atomic mass is 9.93. The van der Waals surface area contributed by atoms with Crippen molar-refractivity contribution in [2.75, 3.05) is 5.32 Å². The zero-order valence-corrected chi connectivity index (χ0v) is 15.1. The van der Waals surface area contributed by atoms with Crippen molar-refractivity contribution >= 4 is 29.2 Å². The van der Waals surface area contributed by atoms with Gasteiger partial charge in [-0.1, -0.05) is 48.0 Å². The van der Waals surface area contributed by atoms with Crippen LogP contribution in [0.15, 0.2) is 72.8 Å². The van der Waals surface area contributed by atoms with Gasteiger partial charge < -0.3 is 10.1 Å². The van der Waals surface area contributed by atoms with Crippen molar-refractivity contribution in [3.63, 3.8) is 0 Å². The maximum atomic E-state index is 12.6. The average Bonchev–Trinajstić information content (AvgIpc) is 2.68. The van der Waals surface area contributed by atoms with Crippen LogP contribution in [0.1, 0.15) is 37.9 Å². The van der Waals surface area contributed by atoms with Gasteiger partial charge in [0.1, 0.15) is 6.10 Å². The predicted molar refractivity (Wildman–Crippen MR) is 104 cm³/mol. The van der Waals surface area contributed by atoms with Crippen molar-refractivity contribution in [1.82, 2.24) is 0 Å². The van der Waals surface area contributed by atoms with Crippen LogP contribution in [-0.4, -0.2) is 11.9 Å². The average molecular weight is 378 g/mol. The molecule has 1 aliphatic rings. The van der Waals surface area contributed by atoms with E-state index < -0.39 is 0 Å². The molecule has 0 unspecified atom stereocenters. The molecule has 0 aromatic heterocycles. The molecule has 0 fully saturated rings. The number of cyclic esters (lactones) is 1. The largest absolute Gasteiger partial charge is 0.454 e. The van der Waals surface area contributed by atoms with Crippen molar-refractivity contribution in [2.24, 2.45) is 0 Å². The van der Waals surface area contributed by atoms with Gasteiger partial charge >= 0.3 is 5.97 Å². The lowest BCUT2D eigenvalue weighted by molar-refractivity contribution is 0.0252. The molecule has 0 aliphatic carbocycles. The maximum Gasteiger partial charge on any atom is 0.339 e. The first-order valence-corrected chi connectivity index (χ1v) is 8.94. The summed E-state index contributed by atoms with van der Waals surface area (Å²) in [7, 11) is 0. The molecule has 1 amide bonds. The molecule has 0 spiro atoms. The number of hydrogen-bond donors (Lipinski definition) is 1. The first-order chi connectivity index (χ1) is 13.1. The Hall–Kier alpha value is -3.11. The van der Waals surface area contributed by atoms with Gasteiger partial charge in [-0.3, -0.25) is 4.79 Å². The number of rotatable bonds is 3. The number of esters is 1. The van der Waals surface area contributed by atoms with E-state index in [1.807, 2.05) is 30.3 Å². The number of nitrogens with one attached hydrogen (secondary N) is 1. The van der Waals surface area contributed by atoms with Gasteiger partial charge in [-0.05, 0) is 47.5 Å². The van der Waals surface area contributed by atoms with Crippen molar-refractivity contribution < 1.29 is 14.3 Å². The first-order valence-electron chi connectivity index (χ1n) is 8.56. The smallest absolute Gasteiger partial charge is 0.339 e. The molecule has 1 heterocycles. The summed E-state index contributed by atoms with van der Waals surface area (Å²) in [6.07, 6.45) is 0.182. The van der Waals surface area contributed by atoms with E-state index in [-0.39, 0.29) is 18.0 Å². The molecule has 0 saturated heterocycles. The molecule has 4 nitrogen and oxygen atoms in total. The van der Waals surface area contributed by atoms with Crippen molar-refractivity contribution in [3.8, 4) is 0 Å². The highest BCUT2D eigenvalue weighted by Crippen LogP contribution is 2.31. The van der Waals surface area contributed by atoms with Crippen LogP contribution in [0.2, 0.25) is 5.02 Å². The van der Waals surface area contributed by atoms with E-state index >= 15 is 0 Å². The molecule has 1 aliphatic heterocycles. The van der Waals surface area contributed by atoms with E-state index in [0.29, 0.717) is 28.3 Å². The molecule has 27 heavy (non-hydrogen) atoms. The lowest BCUT2D eigenvalue weighted by Gasteiger charge is -2.25. The van der Waals surface area contributed by atoms with E-state index in [1.165, 1.54) is 0 Å². The quantitative estimate of drug-likeness (QED) is 0.650. The van der Waals surface area contributed by atoms with Gasteiger partial charge in [0, 0.05) is 22.7 Å². The highest BCUT2D eigenvalue weighted by Gasteiger charge is 2.28. The monoisotopic (exact) mass is 377 g/mol. The van der Waals surface area contributed by atoms with Crippen LogP contribution in [0, 0.1) is 0 Å². The van der Waals surface area contributed by atoms with Gasteiger partial charge in [-0.2, -0.15) is 0 Å². The molecule has 1 N–H and O–H groups in total. The number of carbonyl (C=O) groups excluding carboxylic acids is 2. The zero-order valence-electron chi connectivity index (χ0n) is 14.3.